The van der Waals surface area contributed by atoms with Gasteiger partial charge >= 0.3 is 11.8 Å². The number of hydrogen-bond donors (Lipinski definition) is 2. The summed E-state index contributed by atoms with van der Waals surface area (Å²) in [6.07, 6.45) is 1.01. The lowest BCUT2D eigenvalue weighted by Crippen LogP contribution is -2.48. The van der Waals surface area contributed by atoms with E-state index >= 15 is 0 Å². The number of amides is 1. The van der Waals surface area contributed by atoms with Gasteiger partial charge in [0.2, 0.25) is 0 Å². The lowest BCUT2D eigenvalue weighted by Gasteiger charge is -2.39. The largest absolute Gasteiger partial charge is 0.497 e. The van der Waals surface area contributed by atoms with E-state index in [1.54, 1.807) is 12.0 Å². The Hall–Kier alpha value is -4.04. The monoisotopic (exact) mass is 514 g/mol. The molecule has 198 valence electrons. The Morgan fingerprint density at radius 2 is 1.68 bits per heavy atom. The highest BCUT2D eigenvalue weighted by molar-refractivity contribution is 5.75. The van der Waals surface area contributed by atoms with Crippen LogP contribution in [0.5, 0.6) is 5.75 Å². The molecule has 2 unspecified atom stereocenters. The summed E-state index contributed by atoms with van der Waals surface area (Å²) in [5, 5.41) is 9.96. The molecule has 1 aliphatic heterocycles. The maximum absolute atomic E-state index is 12.8. The summed E-state index contributed by atoms with van der Waals surface area (Å²) in [5.41, 5.74) is 3.93. The molecule has 1 aliphatic rings. The zero-order valence-electron chi connectivity index (χ0n) is 21.6. The third kappa shape index (κ3) is 5.75. The number of aromatic nitrogens is 2. The molecule has 2 atom stereocenters. The van der Waals surface area contributed by atoms with Crippen LogP contribution in [-0.4, -0.2) is 56.8 Å². The van der Waals surface area contributed by atoms with Gasteiger partial charge in [0.15, 0.2) is 0 Å². The van der Waals surface area contributed by atoms with Crippen LogP contribution in [0, 0.1) is 0 Å². The summed E-state index contributed by atoms with van der Waals surface area (Å²) >= 11 is 0. The smallest absolute Gasteiger partial charge is 0.407 e. The number of piperidine rings is 1. The van der Waals surface area contributed by atoms with E-state index in [0.29, 0.717) is 25.8 Å². The molecule has 0 radical (unpaired) electrons. The van der Waals surface area contributed by atoms with Gasteiger partial charge in [0, 0.05) is 38.3 Å². The Morgan fingerprint density at radius 3 is 2.39 bits per heavy atom. The van der Waals surface area contributed by atoms with E-state index in [-0.39, 0.29) is 17.8 Å². The first-order valence-corrected chi connectivity index (χ1v) is 13.1. The number of fused-ring (bicyclic) bond motifs is 1. The summed E-state index contributed by atoms with van der Waals surface area (Å²) in [6, 6.07) is 25.8. The van der Waals surface area contributed by atoms with Crippen molar-refractivity contribution < 1.29 is 14.6 Å². The van der Waals surface area contributed by atoms with Crippen molar-refractivity contribution in [3.05, 3.63) is 100 Å². The average molecular weight is 515 g/mol. The fraction of sp³-hybridized carbons (Fsp3) is 0.333. The number of para-hydroxylation sites is 2. The van der Waals surface area contributed by atoms with Crippen molar-refractivity contribution in [2.45, 2.75) is 44.4 Å². The summed E-state index contributed by atoms with van der Waals surface area (Å²) in [4.78, 5) is 31.9. The van der Waals surface area contributed by atoms with Crippen LogP contribution in [-0.2, 0) is 13.1 Å². The number of carboxylic acid groups (broad SMARTS) is 1. The Labute approximate surface area is 222 Å². The lowest BCUT2D eigenvalue weighted by molar-refractivity contribution is 0.0812. The molecule has 1 amide bonds. The number of methoxy groups -OCH3 is 1. The lowest BCUT2D eigenvalue weighted by atomic mass is 9.94. The summed E-state index contributed by atoms with van der Waals surface area (Å²) in [5.74, 6) is 0.821. The first kappa shape index (κ1) is 25.6. The molecule has 0 aliphatic carbocycles. The molecule has 8 heteroatoms. The van der Waals surface area contributed by atoms with Crippen LogP contribution >= 0.6 is 0 Å². The molecule has 0 bridgehead atoms. The highest BCUT2D eigenvalue weighted by Crippen LogP contribution is 2.30. The zero-order chi connectivity index (χ0) is 26.5. The number of rotatable bonds is 9. The van der Waals surface area contributed by atoms with Crippen LogP contribution in [0.3, 0.4) is 0 Å². The predicted molar refractivity (Wildman–Crippen MR) is 148 cm³/mol. The molecule has 1 aromatic heterocycles. The standard InChI is InChI=1S/C30H34N4O4/c1-38-26-13-11-23(12-14-26)21-32(20-22-7-3-2-4-8-22)17-15-24-19-25(16-18-33(24)30(36)37)34-28-10-6-5-9-27(28)31-29(34)35/h2-14,24-25H,15-21H2,1H3,(H,31,35)(H,36,37). The van der Waals surface area contributed by atoms with Crippen molar-refractivity contribution in [2.75, 3.05) is 20.2 Å². The molecule has 38 heavy (non-hydrogen) atoms. The van der Waals surface area contributed by atoms with Gasteiger partial charge in [-0.1, -0.05) is 54.6 Å². The van der Waals surface area contributed by atoms with E-state index in [2.05, 4.69) is 34.1 Å². The van der Waals surface area contributed by atoms with E-state index in [1.165, 1.54) is 11.1 Å². The van der Waals surface area contributed by atoms with Crippen molar-refractivity contribution in [1.29, 1.82) is 0 Å². The minimum atomic E-state index is -0.899. The van der Waals surface area contributed by atoms with Crippen LogP contribution < -0.4 is 10.4 Å². The third-order valence-corrected chi connectivity index (χ3v) is 7.52. The van der Waals surface area contributed by atoms with Gasteiger partial charge in [0.05, 0.1) is 18.1 Å². The number of hydrogen-bond acceptors (Lipinski definition) is 4. The maximum Gasteiger partial charge on any atom is 0.407 e. The van der Waals surface area contributed by atoms with E-state index in [9.17, 15) is 14.7 Å². The van der Waals surface area contributed by atoms with Gasteiger partial charge < -0.3 is 19.7 Å². The van der Waals surface area contributed by atoms with Crippen LogP contribution in [0.15, 0.2) is 83.7 Å². The number of benzene rings is 3. The Balaban J connectivity index is 1.34. The number of ether oxygens (including phenoxy) is 1. The van der Waals surface area contributed by atoms with Crippen molar-refractivity contribution in [3.8, 4) is 5.75 Å². The molecule has 4 aromatic rings. The van der Waals surface area contributed by atoms with Gasteiger partial charge in [0.1, 0.15) is 5.75 Å². The van der Waals surface area contributed by atoms with E-state index in [4.69, 9.17) is 4.74 Å². The number of H-pyrrole nitrogens is 1. The number of aromatic amines is 1. The Morgan fingerprint density at radius 1 is 1.00 bits per heavy atom. The highest BCUT2D eigenvalue weighted by Gasteiger charge is 2.33. The van der Waals surface area contributed by atoms with E-state index in [1.807, 2.05) is 59.2 Å². The Kier molecular flexibility index (Phi) is 7.79. The molecule has 1 saturated heterocycles. The van der Waals surface area contributed by atoms with Gasteiger partial charge in [-0.05, 0) is 54.7 Å². The summed E-state index contributed by atoms with van der Waals surface area (Å²) < 4.78 is 7.13. The number of likely N-dealkylation sites (tertiary alicyclic amines) is 1. The van der Waals surface area contributed by atoms with Crippen molar-refractivity contribution in [3.63, 3.8) is 0 Å². The highest BCUT2D eigenvalue weighted by atomic mass is 16.5. The van der Waals surface area contributed by atoms with Crippen LogP contribution in [0.25, 0.3) is 11.0 Å². The second-order valence-electron chi connectivity index (χ2n) is 9.96. The van der Waals surface area contributed by atoms with Gasteiger partial charge in [-0.25, -0.2) is 9.59 Å². The number of nitrogens with zero attached hydrogens (tertiary/aromatic N) is 3. The van der Waals surface area contributed by atoms with Crippen LogP contribution in [0.1, 0.15) is 36.4 Å². The van der Waals surface area contributed by atoms with E-state index in [0.717, 1.165) is 36.4 Å². The number of nitrogens with one attached hydrogen (secondary N) is 1. The average Bonchev–Trinajstić information content (AvgIpc) is 3.28. The molecular formula is C30H34N4O4. The van der Waals surface area contributed by atoms with Crippen molar-refractivity contribution in [1.82, 2.24) is 19.4 Å². The molecule has 0 spiro atoms. The minimum absolute atomic E-state index is 0.0524. The molecule has 5 rings (SSSR count). The molecule has 2 heterocycles. The number of carbonyl (C=O) groups is 1. The normalized spacial score (nSPS) is 17.7. The predicted octanol–water partition coefficient (Wildman–Crippen LogP) is 5.11. The molecule has 1 fully saturated rings. The quantitative estimate of drug-likeness (QED) is 0.324. The second-order valence-corrected chi connectivity index (χ2v) is 9.96. The fourth-order valence-electron chi connectivity index (χ4n) is 5.60. The van der Waals surface area contributed by atoms with Gasteiger partial charge in [-0.3, -0.25) is 9.47 Å². The number of imidazole rings is 1. The second kappa shape index (κ2) is 11.6. The van der Waals surface area contributed by atoms with Gasteiger partial charge in [-0.15, -0.1) is 0 Å². The van der Waals surface area contributed by atoms with Crippen LogP contribution in [0.2, 0.25) is 0 Å². The zero-order valence-corrected chi connectivity index (χ0v) is 21.6. The summed E-state index contributed by atoms with van der Waals surface area (Å²) in [7, 11) is 1.66. The summed E-state index contributed by atoms with van der Waals surface area (Å²) in [6.45, 7) is 2.64. The van der Waals surface area contributed by atoms with Crippen molar-refractivity contribution >= 4 is 17.1 Å². The van der Waals surface area contributed by atoms with Gasteiger partial charge in [-0.2, -0.15) is 0 Å². The topological polar surface area (TPSA) is 90.8 Å². The first-order valence-electron chi connectivity index (χ1n) is 13.1. The maximum atomic E-state index is 12.8. The molecule has 3 aromatic carbocycles. The Bertz CT molecular complexity index is 1410. The first-order chi connectivity index (χ1) is 18.5. The minimum Gasteiger partial charge on any atom is -0.497 e. The molecule has 2 N–H and O–H groups in total. The van der Waals surface area contributed by atoms with E-state index < -0.39 is 6.09 Å². The van der Waals surface area contributed by atoms with Crippen molar-refractivity contribution in [2.24, 2.45) is 0 Å². The molecule has 8 nitrogen and oxygen atoms in total. The molecule has 0 saturated carbocycles. The third-order valence-electron chi connectivity index (χ3n) is 7.52. The van der Waals surface area contributed by atoms with Crippen LogP contribution in [0.4, 0.5) is 4.79 Å². The fourth-order valence-corrected chi connectivity index (χ4v) is 5.60. The van der Waals surface area contributed by atoms with Gasteiger partial charge in [0.25, 0.3) is 0 Å². The molecular weight excluding hydrogens is 480 g/mol. The SMILES string of the molecule is COc1ccc(CN(CCC2CC(n3c(=O)[nH]c4ccccc43)CCN2C(=O)O)Cc2ccccc2)cc1.